The van der Waals surface area contributed by atoms with Crippen LogP contribution in [0.1, 0.15) is 0 Å². The maximum atomic E-state index is 2.41. The molecule has 2 nitrogen and oxygen atoms in total. The van der Waals surface area contributed by atoms with E-state index in [1.807, 2.05) is 0 Å². The van der Waals surface area contributed by atoms with E-state index in [-0.39, 0.29) is 0 Å². The average Bonchev–Trinajstić information content (AvgIpc) is 3.62. The molecule has 0 fully saturated rings. The summed E-state index contributed by atoms with van der Waals surface area (Å²) in [6.45, 7) is 0. The van der Waals surface area contributed by atoms with Gasteiger partial charge < -0.3 is 9.47 Å². The lowest BCUT2D eigenvalue weighted by Gasteiger charge is -2.29. The highest BCUT2D eigenvalue weighted by molar-refractivity contribution is 6.13. The van der Waals surface area contributed by atoms with Gasteiger partial charge >= 0.3 is 0 Å². The zero-order chi connectivity index (χ0) is 38.4. The average molecular weight is 739 g/mol. The van der Waals surface area contributed by atoms with E-state index >= 15 is 0 Å². The molecule has 0 bridgehead atoms. The highest BCUT2D eigenvalue weighted by Gasteiger charge is 2.20. The summed E-state index contributed by atoms with van der Waals surface area (Å²) in [4.78, 5) is 2.41. The fourth-order valence-corrected chi connectivity index (χ4v) is 8.77. The summed E-state index contributed by atoms with van der Waals surface area (Å²) in [5, 5.41) is 7.49. The highest BCUT2D eigenvalue weighted by Crippen LogP contribution is 2.44. The van der Waals surface area contributed by atoms with Crippen LogP contribution in [0.5, 0.6) is 0 Å². The molecule has 0 atom stereocenters. The fraction of sp³-hybridized carbons (Fsp3) is 0. The van der Waals surface area contributed by atoms with Crippen molar-refractivity contribution >= 4 is 60.4 Å². The van der Waals surface area contributed by atoms with Crippen molar-refractivity contribution in [1.82, 2.24) is 4.57 Å². The lowest BCUT2D eigenvalue weighted by Crippen LogP contribution is -2.11. The molecule has 0 unspecified atom stereocenters. The Morgan fingerprint density at radius 3 is 1.59 bits per heavy atom. The topological polar surface area (TPSA) is 8.17 Å². The third kappa shape index (κ3) is 5.82. The first-order valence-electron chi connectivity index (χ1n) is 19.9. The maximum absolute atomic E-state index is 2.41. The summed E-state index contributed by atoms with van der Waals surface area (Å²) in [5.74, 6) is 0. The Labute approximate surface area is 338 Å². The van der Waals surface area contributed by atoms with Gasteiger partial charge in [-0.3, -0.25) is 0 Å². The molecule has 2 heteroatoms. The molecule has 1 heterocycles. The molecule has 0 aliphatic carbocycles. The van der Waals surface area contributed by atoms with Crippen LogP contribution in [-0.4, -0.2) is 4.57 Å². The zero-order valence-corrected chi connectivity index (χ0v) is 31.8. The SMILES string of the molecule is c1ccc(-c2ccc(N(c3ccc(-n4c5ccccc5c5cc6ccccc6cc54)cc3)c3ccc(-c4cccc5ccccc45)cc3-c3ccccc3)cc2)cc1. The normalized spacial score (nSPS) is 11.4. The minimum atomic E-state index is 1.08. The Morgan fingerprint density at radius 2 is 0.845 bits per heavy atom. The van der Waals surface area contributed by atoms with Crippen molar-refractivity contribution in [1.29, 1.82) is 0 Å². The van der Waals surface area contributed by atoms with Crippen molar-refractivity contribution < 1.29 is 0 Å². The number of nitrogens with zero attached hydrogens (tertiary/aromatic N) is 2. The van der Waals surface area contributed by atoms with E-state index in [9.17, 15) is 0 Å². The van der Waals surface area contributed by atoms with Crippen LogP contribution < -0.4 is 4.90 Å². The first-order chi connectivity index (χ1) is 28.8. The maximum Gasteiger partial charge on any atom is 0.0547 e. The Balaban J connectivity index is 1.10. The second-order valence-electron chi connectivity index (χ2n) is 15.0. The summed E-state index contributed by atoms with van der Waals surface area (Å²) in [6, 6.07) is 83.7. The van der Waals surface area contributed by atoms with Gasteiger partial charge in [-0.2, -0.15) is 0 Å². The molecule has 11 rings (SSSR count). The molecular weight excluding hydrogens is 701 g/mol. The number of hydrogen-bond donors (Lipinski definition) is 0. The predicted octanol–water partition coefficient (Wildman–Crippen LogP) is 15.6. The van der Waals surface area contributed by atoms with Crippen LogP contribution in [0.25, 0.3) is 82.4 Å². The molecule has 10 aromatic carbocycles. The molecule has 0 saturated carbocycles. The number of anilines is 3. The molecule has 1 aromatic heterocycles. The van der Waals surface area contributed by atoms with Crippen molar-refractivity contribution in [2.45, 2.75) is 0 Å². The van der Waals surface area contributed by atoms with Crippen molar-refractivity contribution in [3.63, 3.8) is 0 Å². The van der Waals surface area contributed by atoms with Crippen LogP contribution in [0.15, 0.2) is 231 Å². The van der Waals surface area contributed by atoms with Gasteiger partial charge in [0.1, 0.15) is 0 Å². The van der Waals surface area contributed by atoms with Crippen LogP contribution in [0.2, 0.25) is 0 Å². The number of benzene rings is 10. The first-order valence-corrected chi connectivity index (χ1v) is 19.9. The molecule has 58 heavy (non-hydrogen) atoms. The summed E-state index contributed by atoms with van der Waals surface area (Å²) in [7, 11) is 0. The fourth-order valence-electron chi connectivity index (χ4n) is 8.77. The van der Waals surface area contributed by atoms with E-state index in [1.54, 1.807) is 0 Å². The van der Waals surface area contributed by atoms with E-state index in [0.29, 0.717) is 0 Å². The van der Waals surface area contributed by atoms with Crippen LogP contribution in [0.4, 0.5) is 17.1 Å². The molecular formula is C56H38N2. The second kappa shape index (κ2) is 14.1. The van der Waals surface area contributed by atoms with Gasteiger partial charge in [0, 0.05) is 33.4 Å². The Kier molecular flexibility index (Phi) is 8.19. The minimum Gasteiger partial charge on any atom is -0.310 e. The molecule has 0 aliphatic rings. The van der Waals surface area contributed by atoms with E-state index in [2.05, 4.69) is 240 Å². The standard InChI is InChI=1S/C56H38N2/c1-3-14-39(15-4-1)40-26-29-46(30-27-40)57(55-35-28-45(37-52(55)42-16-5-2-6-17-42)50-24-13-21-41-18-9-10-22-49(41)50)47-31-33-48(34-32-47)58-54-25-12-11-23-51(54)53-36-43-19-7-8-20-44(43)38-56(53)58/h1-38H. The second-order valence-corrected chi connectivity index (χ2v) is 15.0. The van der Waals surface area contributed by atoms with Crippen LogP contribution in [-0.2, 0) is 0 Å². The van der Waals surface area contributed by atoms with Gasteiger partial charge in [0.05, 0.1) is 16.7 Å². The summed E-state index contributed by atoms with van der Waals surface area (Å²) in [5.41, 5.74) is 13.9. The van der Waals surface area contributed by atoms with Gasteiger partial charge in [-0.25, -0.2) is 0 Å². The van der Waals surface area contributed by atoms with Gasteiger partial charge in [-0.05, 0) is 116 Å². The number of fused-ring (bicyclic) bond motifs is 5. The molecule has 0 saturated heterocycles. The summed E-state index contributed by atoms with van der Waals surface area (Å²) < 4.78 is 2.41. The molecule has 11 aromatic rings. The molecule has 0 radical (unpaired) electrons. The zero-order valence-electron chi connectivity index (χ0n) is 31.8. The van der Waals surface area contributed by atoms with Gasteiger partial charge in [-0.1, -0.05) is 164 Å². The number of para-hydroxylation sites is 1. The van der Waals surface area contributed by atoms with Crippen LogP contribution in [0, 0.1) is 0 Å². The van der Waals surface area contributed by atoms with Gasteiger partial charge in [-0.15, -0.1) is 0 Å². The molecule has 0 amide bonds. The highest BCUT2D eigenvalue weighted by atomic mass is 15.1. The lowest BCUT2D eigenvalue weighted by molar-refractivity contribution is 1.17. The first kappa shape index (κ1) is 33.6. The third-order valence-electron chi connectivity index (χ3n) is 11.6. The van der Waals surface area contributed by atoms with Crippen molar-refractivity contribution in [3.05, 3.63) is 231 Å². The molecule has 0 N–H and O–H groups in total. The number of rotatable bonds is 7. The third-order valence-corrected chi connectivity index (χ3v) is 11.6. The summed E-state index contributed by atoms with van der Waals surface area (Å²) in [6.07, 6.45) is 0. The minimum absolute atomic E-state index is 1.08. The van der Waals surface area contributed by atoms with Gasteiger partial charge in [0.25, 0.3) is 0 Å². The van der Waals surface area contributed by atoms with Gasteiger partial charge in [0.15, 0.2) is 0 Å². The Hall–Kier alpha value is -7.68. The van der Waals surface area contributed by atoms with E-state index in [4.69, 9.17) is 0 Å². The Bertz CT molecular complexity index is 3250. The number of hydrogen-bond acceptors (Lipinski definition) is 1. The van der Waals surface area contributed by atoms with E-state index in [0.717, 1.165) is 28.3 Å². The Morgan fingerprint density at radius 1 is 0.293 bits per heavy atom. The quantitative estimate of drug-likeness (QED) is 0.158. The van der Waals surface area contributed by atoms with Crippen molar-refractivity contribution in [2.75, 3.05) is 4.90 Å². The smallest absolute Gasteiger partial charge is 0.0547 e. The van der Waals surface area contributed by atoms with Crippen LogP contribution >= 0.6 is 0 Å². The monoisotopic (exact) mass is 738 g/mol. The van der Waals surface area contributed by atoms with Crippen LogP contribution in [0.3, 0.4) is 0 Å². The van der Waals surface area contributed by atoms with E-state index < -0.39 is 0 Å². The largest absolute Gasteiger partial charge is 0.310 e. The van der Waals surface area contributed by atoms with Crippen molar-refractivity contribution in [2.24, 2.45) is 0 Å². The van der Waals surface area contributed by atoms with Gasteiger partial charge in [0.2, 0.25) is 0 Å². The lowest BCUT2D eigenvalue weighted by atomic mass is 9.93. The van der Waals surface area contributed by atoms with E-state index in [1.165, 1.54) is 71.2 Å². The molecule has 272 valence electrons. The molecule has 0 aliphatic heterocycles. The number of aromatic nitrogens is 1. The predicted molar refractivity (Wildman–Crippen MR) is 247 cm³/mol. The van der Waals surface area contributed by atoms with Crippen molar-refractivity contribution in [3.8, 4) is 39.1 Å². The molecule has 0 spiro atoms. The summed E-state index contributed by atoms with van der Waals surface area (Å²) >= 11 is 0.